The molecule has 2 aromatic rings. The lowest BCUT2D eigenvalue weighted by Crippen LogP contribution is -2.44. The zero-order valence-electron chi connectivity index (χ0n) is 13.5. The van der Waals surface area contributed by atoms with Gasteiger partial charge >= 0.3 is 6.01 Å². The van der Waals surface area contributed by atoms with Crippen LogP contribution in [0.5, 0.6) is 6.01 Å². The molecule has 1 aliphatic heterocycles. The average molecular weight is 443 g/mol. The highest BCUT2D eigenvalue weighted by atomic mass is 79.9. The first-order chi connectivity index (χ1) is 12.4. The summed E-state index contributed by atoms with van der Waals surface area (Å²) in [6.45, 7) is 0.455. The number of rotatable bonds is 5. The maximum Gasteiger partial charge on any atom is 0.316 e. The average Bonchev–Trinajstić information content (AvgIpc) is 2.64. The Morgan fingerprint density at radius 3 is 2.73 bits per heavy atom. The molecule has 138 valence electrons. The Kier molecular flexibility index (Phi) is 5.49. The first kappa shape index (κ1) is 18.7. The summed E-state index contributed by atoms with van der Waals surface area (Å²) in [4.78, 5) is 18.2. The number of nitro benzene ring substituents is 1. The predicted octanol–water partition coefficient (Wildman–Crippen LogP) is 2.38. The summed E-state index contributed by atoms with van der Waals surface area (Å²) in [6.07, 6.45) is 3.97. The minimum Gasteiger partial charge on any atom is -0.459 e. The molecule has 9 nitrogen and oxygen atoms in total. The van der Waals surface area contributed by atoms with E-state index in [4.69, 9.17) is 4.74 Å². The molecule has 1 atom stereocenters. The molecule has 11 heteroatoms. The number of nitro groups is 1. The number of benzene rings is 1. The first-order valence-electron chi connectivity index (χ1n) is 7.75. The van der Waals surface area contributed by atoms with Crippen LogP contribution in [0, 0.1) is 10.1 Å². The summed E-state index contributed by atoms with van der Waals surface area (Å²) in [5, 5.41) is 10.9. The SMILES string of the molecule is O=[N+]([O-])c1cccc(S(=O)(=O)N2CCCC(Oc3ncc(Br)cn3)C2)c1. The van der Waals surface area contributed by atoms with Gasteiger partial charge in [0.1, 0.15) is 6.10 Å². The molecule has 26 heavy (non-hydrogen) atoms. The van der Waals surface area contributed by atoms with Crippen molar-refractivity contribution in [1.82, 2.24) is 14.3 Å². The number of ether oxygens (including phenoxy) is 1. The van der Waals surface area contributed by atoms with Gasteiger partial charge in [-0.15, -0.1) is 0 Å². The lowest BCUT2D eigenvalue weighted by Gasteiger charge is -2.31. The van der Waals surface area contributed by atoms with Crippen LogP contribution >= 0.6 is 15.9 Å². The molecule has 3 rings (SSSR count). The molecule has 1 fully saturated rings. The van der Waals surface area contributed by atoms with Gasteiger partial charge in [0.2, 0.25) is 10.0 Å². The van der Waals surface area contributed by atoms with Crippen molar-refractivity contribution in [3.05, 3.63) is 51.2 Å². The van der Waals surface area contributed by atoms with E-state index in [0.717, 1.165) is 6.07 Å². The van der Waals surface area contributed by atoms with Gasteiger partial charge in [0.05, 0.1) is 20.8 Å². The molecule has 0 amide bonds. The summed E-state index contributed by atoms with van der Waals surface area (Å²) >= 11 is 3.23. The van der Waals surface area contributed by atoms with Gasteiger partial charge in [-0.05, 0) is 34.8 Å². The van der Waals surface area contributed by atoms with E-state index in [2.05, 4.69) is 25.9 Å². The van der Waals surface area contributed by atoms with Gasteiger partial charge in [-0.2, -0.15) is 4.31 Å². The Hall–Kier alpha value is -2.11. The molecular weight excluding hydrogens is 428 g/mol. The van der Waals surface area contributed by atoms with Gasteiger partial charge in [-0.25, -0.2) is 18.4 Å². The highest BCUT2D eigenvalue weighted by Crippen LogP contribution is 2.25. The number of aromatic nitrogens is 2. The molecule has 1 saturated heterocycles. The molecule has 0 bridgehead atoms. The van der Waals surface area contributed by atoms with Gasteiger partial charge in [-0.1, -0.05) is 6.07 Å². The molecule has 1 unspecified atom stereocenters. The number of piperidine rings is 1. The summed E-state index contributed by atoms with van der Waals surface area (Å²) in [5.74, 6) is 0. The topological polar surface area (TPSA) is 116 Å². The molecular formula is C15H15BrN4O5S. The fourth-order valence-corrected chi connectivity index (χ4v) is 4.39. The van der Waals surface area contributed by atoms with E-state index in [9.17, 15) is 18.5 Å². The van der Waals surface area contributed by atoms with Crippen molar-refractivity contribution >= 4 is 31.6 Å². The highest BCUT2D eigenvalue weighted by molar-refractivity contribution is 9.10. The van der Waals surface area contributed by atoms with Crippen molar-refractivity contribution in [2.24, 2.45) is 0 Å². The Balaban J connectivity index is 1.76. The molecule has 0 aliphatic carbocycles. The van der Waals surface area contributed by atoms with Crippen molar-refractivity contribution in [3.63, 3.8) is 0 Å². The summed E-state index contributed by atoms with van der Waals surface area (Å²) < 4.78 is 33.3. The molecule has 1 aromatic heterocycles. The van der Waals surface area contributed by atoms with Crippen LogP contribution in [-0.2, 0) is 10.0 Å². The Bertz CT molecular complexity index is 907. The Morgan fingerprint density at radius 2 is 2.04 bits per heavy atom. The van der Waals surface area contributed by atoms with Crippen LogP contribution in [0.3, 0.4) is 0 Å². The van der Waals surface area contributed by atoms with E-state index in [-0.39, 0.29) is 23.1 Å². The number of halogens is 1. The standard InChI is InChI=1S/C15H15BrN4O5S/c16-11-8-17-15(18-9-11)25-13-4-2-6-19(10-13)26(23,24)14-5-1-3-12(7-14)20(21)22/h1,3,5,7-9,13H,2,4,6,10H2. The van der Waals surface area contributed by atoms with Crippen LogP contribution < -0.4 is 4.74 Å². The van der Waals surface area contributed by atoms with Crippen molar-refractivity contribution in [3.8, 4) is 6.01 Å². The monoisotopic (exact) mass is 442 g/mol. The summed E-state index contributed by atoms with van der Waals surface area (Å²) in [6, 6.07) is 5.21. The minimum absolute atomic E-state index is 0.104. The van der Waals surface area contributed by atoms with Gasteiger partial charge < -0.3 is 4.74 Å². The van der Waals surface area contributed by atoms with E-state index in [1.165, 1.54) is 22.5 Å². The van der Waals surface area contributed by atoms with E-state index in [1.54, 1.807) is 12.4 Å². The summed E-state index contributed by atoms with van der Waals surface area (Å²) in [7, 11) is -3.85. The van der Waals surface area contributed by atoms with Gasteiger partial charge in [0.15, 0.2) is 0 Å². The largest absolute Gasteiger partial charge is 0.459 e. The Labute approximate surface area is 158 Å². The number of sulfonamides is 1. The van der Waals surface area contributed by atoms with Crippen LogP contribution in [0.1, 0.15) is 12.8 Å². The maximum absolute atomic E-state index is 12.8. The van der Waals surface area contributed by atoms with Crippen LogP contribution in [0.4, 0.5) is 5.69 Å². The fraction of sp³-hybridized carbons (Fsp3) is 0.333. The second-order valence-corrected chi connectivity index (χ2v) is 8.54. The lowest BCUT2D eigenvalue weighted by molar-refractivity contribution is -0.385. The first-order valence-corrected chi connectivity index (χ1v) is 9.98. The van der Waals surface area contributed by atoms with Gasteiger partial charge in [0.25, 0.3) is 5.69 Å². The smallest absolute Gasteiger partial charge is 0.316 e. The highest BCUT2D eigenvalue weighted by Gasteiger charge is 2.32. The molecule has 2 heterocycles. The summed E-state index contributed by atoms with van der Waals surface area (Å²) in [5.41, 5.74) is -0.265. The molecule has 0 N–H and O–H groups in total. The van der Waals surface area contributed by atoms with E-state index < -0.39 is 21.1 Å². The van der Waals surface area contributed by atoms with Crippen molar-refractivity contribution in [2.45, 2.75) is 23.8 Å². The van der Waals surface area contributed by atoms with Crippen LogP contribution in [0.15, 0.2) is 46.0 Å². The second kappa shape index (κ2) is 7.64. The minimum atomic E-state index is -3.85. The normalized spacial score (nSPS) is 18.4. The third-order valence-electron chi connectivity index (χ3n) is 3.88. The van der Waals surface area contributed by atoms with Crippen LogP contribution in [0.2, 0.25) is 0 Å². The van der Waals surface area contributed by atoms with Gasteiger partial charge in [0, 0.05) is 31.1 Å². The lowest BCUT2D eigenvalue weighted by atomic mass is 10.1. The molecule has 0 spiro atoms. The zero-order chi connectivity index (χ0) is 18.7. The zero-order valence-corrected chi connectivity index (χ0v) is 15.9. The number of nitrogens with zero attached hydrogens (tertiary/aromatic N) is 4. The third kappa shape index (κ3) is 4.17. The van der Waals surface area contributed by atoms with Crippen LogP contribution in [-0.4, -0.2) is 46.8 Å². The molecule has 1 aromatic carbocycles. The van der Waals surface area contributed by atoms with Crippen molar-refractivity contribution in [2.75, 3.05) is 13.1 Å². The van der Waals surface area contributed by atoms with E-state index in [1.807, 2.05) is 0 Å². The Morgan fingerprint density at radius 1 is 1.31 bits per heavy atom. The molecule has 0 radical (unpaired) electrons. The van der Waals surface area contributed by atoms with Gasteiger partial charge in [-0.3, -0.25) is 10.1 Å². The van der Waals surface area contributed by atoms with Crippen LogP contribution in [0.25, 0.3) is 0 Å². The fourth-order valence-electron chi connectivity index (χ4n) is 2.64. The molecule has 0 saturated carbocycles. The predicted molar refractivity (Wildman–Crippen MR) is 95.2 cm³/mol. The van der Waals surface area contributed by atoms with E-state index in [0.29, 0.717) is 23.9 Å². The molecule has 1 aliphatic rings. The second-order valence-electron chi connectivity index (χ2n) is 5.68. The number of hydrogen-bond acceptors (Lipinski definition) is 7. The van der Waals surface area contributed by atoms with Crippen molar-refractivity contribution < 1.29 is 18.1 Å². The third-order valence-corrected chi connectivity index (χ3v) is 6.15. The van der Waals surface area contributed by atoms with Crippen molar-refractivity contribution in [1.29, 1.82) is 0 Å². The maximum atomic E-state index is 12.8. The number of non-ortho nitro benzene ring substituents is 1. The number of hydrogen-bond donors (Lipinski definition) is 0. The quantitative estimate of drug-likeness (QED) is 0.515. The van der Waals surface area contributed by atoms with E-state index >= 15 is 0 Å².